The van der Waals surface area contributed by atoms with Gasteiger partial charge in [-0.15, -0.1) is 0 Å². The molecular weight excluding hydrogens is 507 g/mol. The summed E-state index contributed by atoms with van der Waals surface area (Å²) in [6.07, 6.45) is 0.860. The van der Waals surface area contributed by atoms with Crippen molar-refractivity contribution in [2.45, 2.75) is 33.5 Å². The van der Waals surface area contributed by atoms with Crippen LogP contribution in [0.3, 0.4) is 0 Å². The third-order valence-electron chi connectivity index (χ3n) is 5.54. The van der Waals surface area contributed by atoms with E-state index in [4.69, 9.17) is 4.74 Å². The van der Waals surface area contributed by atoms with Crippen molar-refractivity contribution >= 4 is 21.4 Å². The summed E-state index contributed by atoms with van der Waals surface area (Å²) in [6.45, 7) is 11.3. The molecule has 0 spiro atoms. The molecule has 0 unspecified atom stereocenters. The van der Waals surface area contributed by atoms with Gasteiger partial charge in [-0.1, -0.05) is 50.8 Å². The van der Waals surface area contributed by atoms with Gasteiger partial charge in [-0.3, -0.25) is 9.48 Å². The molecule has 0 radical (unpaired) electrons. The van der Waals surface area contributed by atoms with Crippen LogP contribution in [0.15, 0.2) is 60.0 Å². The Bertz CT molecular complexity index is 1260. The van der Waals surface area contributed by atoms with Crippen LogP contribution in [0.5, 0.6) is 0 Å². The van der Waals surface area contributed by atoms with Gasteiger partial charge in [0.25, 0.3) is 0 Å². The lowest BCUT2D eigenvalue weighted by atomic mass is 10.0. The van der Waals surface area contributed by atoms with Crippen molar-refractivity contribution in [2.75, 3.05) is 32.5 Å². The van der Waals surface area contributed by atoms with Crippen LogP contribution in [0.4, 0.5) is 13.2 Å². The zero-order chi connectivity index (χ0) is 27.8. The fraction of sp³-hybridized carbons (Fsp3) is 0.385. The Balaban J connectivity index is 2.30. The first-order chi connectivity index (χ1) is 17.3. The smallest absolute Gasteiger partial charge is 0.435 e. The maximum atomic E-state index is 13.4. The van der Waals surface area contributed by atoms with E-state index in [9.17, 15) is 26.4 Å². The monoisotopic (exact) mass is 539 g/mol. The second-order valence-electron chi connectivity index (χ2n) is 8.24. The van der Waals surface area contributed by atoms with Gasteiger partial charge < -0.3 is 9.64 Å². The number of hydrogen-bond donors (Lipinski definition) is 0. The molecule has 2 aromatic rings. The Morgan fingerprint density at radius 3 is 2.32 bits per heavy atom. The minimum Gasteiger partial charge on any atom is -0.463 e. The van der Waals surface area contributed by atoms with Crippen molar-refractivity contribution in [3.05, 3.63) is 71.3 Å². The second-order valence-corrected chi connectivity index (χ2v) is 10.3. The van der Waals surface area contributed by atoms with Gasteiger partial charge in [-0.25, -0.2) is 8.42 Å². The molecule has 1 heterocycles. The summed E-state index contributed by atoms with van der Waals surface area (Å²) >= 11 is 0. The van der Waals surface area contributed by atoms with E-state index >= 15 is 0 Å². The molecule has 11 heteroatoms. The summed E-state index contributed by atoms with van der Waals surface area (Å²) in [4.78, 5) is 14.5. The van der Waals surface area contributed by atoms with Gasteiger partial charge in [0, 0.05) is 12.8 Å². The van der Waals surface area contributed by atoms with E-state index in [2.05, 4.69) is 16.6 Å². The quantitative estimate of drug-likeness (QED) is 0.280. The molecule has 0 fully saturated rings. The number of benzene rings is 1. The lowest BCUT2D eigenvalue weighted by molar-refractivity contribution is -0.146. The number of esters is 1. The number of carbonyl (C=O) groups is 1. The minimum absolute atomic E-state index is 0.0801. The highest BCUT2D eigenvalue weighted by Crippen LogP contribution is 2.32. The van der Waals surface area contributed by atoms with E-state index in [1.165, 1.54) is 12.2 Å². The topological polar surface area (TPSA) is 81.5 Å². The van der Waals surface area contributed by atoms with E-state index in [-0.39, 0.29) is 17.2 Å². The zero-order valence-corrected chi connectivity index (χ0v) is 22.2. The van der Waals surface area contributed by atoms with Gasteiger partial charge in [0.05, 0.1) is 10.6 Å². The Morgan fingerprint density at radius 2 is 1.81 bits per heavy atom. The minimum atomic E-state index is -4.69. The van der Waals surface area contributed by atoms with Gasteiger partial charge in [0.1, 0.15) is 13.2 Å². The summed E-state index contributed by atoms with van der Waals surface area (Å²) in [6, 6.07) is 7.21. The molecule has 0 N–H and O–H groups in total. The van der Waals surface area contributed by atoms with Crippen LogP contribution in [-0.4, -0.2) is 61.6 Å². The number of rotatable bonds is 12. The second kappa shape index (κ2) is 12.9. The predicted octanol–water partition coefficient (Wildman–Crippen LogP) is 4.97. The van der Waals surface area contributed by atoms with E-state index in [0.29, 0.717) is 23.2 Å². The van der Waals surface area contributed by atoms with E-state index < -0.39 is 34.2 Å². The average molecular weight is 540 g/mol. The van der Waals surface area contributed by atoms with Crippen LogP contribution >= 0.6 is 0 Å². The molecule has 0 saturated carbocycles. The van der Waals surface area contributed by atoms with E-state index in [1.807, 2.05) is 13.8 Å². The van der Waals surface area contributed by atoms with Gasteiger partial charge in [-0.2, -0.15) is 18.3 Å². The van der Waals surface area contributed by atoms with Crippen LogP contribution in [0.2, 0.25) is 0 Å². The highest BCUT2D eigenvalue weighted by atomic mass is 32.2. The van der Waals surface area contributed by atoms with Crippen LogP contribution in [0.25, 0.3) is 16.8 Å². The van der Waals surface area contributed by atoms with Crippen molar-refractivity contribution in [1.82, 2.24) is 14.7 Å². The molecule has 1 aromatic carbocycles. The standard InChI is InChI=1S/C26H32F3N3O4S/c1-6-9-22(37(5,34)35)16-19(4)20-10-12-21(13-11-20)23-17-24(26(27,28)29)30-32(23)18-25(33)36-15-14-31(7-2)8-3/h6,9-13,16-17H,4,7-8,14-15,18H2,1-3,5H3/b9-6-,22-16+. The molecule has 0 bridgehead atoms. The molecule has 0 saturated heterocycles. The normalized spacial score (nSPS) is 12.9. The number of hydrogen-bond acceptors (Lipinski definition) is 6. The summed E-state index contributed by atoms with van der Waals surface area (Å²) < 4.78 is 70.3. The molecule has 0 amide bonds. The predicted molar refractivity (Wildman–Crippen MR) is 138 cm³/mol. The maximum Gasteiger partial charge on any atom is 0.435 e. The van der Waals surface area contributed by atoms with Crippen molar-refractivity contribution in [3.8, 4) is 11.3 Å². The van der Waals surface area contributed by atoms with Crippen molar-refractivity contribution in [1.29, 1.82) is 0 Å². The molecule has 0 atom stereocenters. The first-order valence-corrected chi connectivity index (χ1v) is 13.6. The van der Waals surface area contributed by atoms with E-state index in [0.717, 1.165) is 30.1 Å². The average Bonchev–Trinajstić information content (AvgIpc) is 3.25. The van der Waals surface area contributed by atoms with Crippen LogP contribution in [-0.2, 0) is 32.1 Å². The fourth-order valence-corrected chi connectivity index (χ4v) is 4.20. The number of likely N-dealkylation sites (N-methyl/N-ethyl adjacent to an activating group) is 1. The number of aromatic nitrogens is 2. The largest absolute Gasteiger partial charge is 0.463 e. The Morgan fingerprint density at radius 1 is 1.19 bits per heavy atom. The molecule has 37 heavy (non-hydrogen) atoms. The lowest BCUT2D eigenvalue weighted by Gasteiger charge is -2.17. The number of allylic oxidation sites excluding steroid dienone is 4. The number of ether oxygens (including phenoxy) is 1. The first-order valence-electron chi connectivity index (χ1n) is 11.7. The van der Waals surface area contributed by atoms with Crippen LogP contribution in [0.1, 0.15) is 32.0 Å². The van der Waals surface area contributed by atoms with E-state index in [1.54, 1.807) is 37.3 Å². The number of nitrogens with zero attached hydrogens (tertiary/aromatic N) is 3. The molecule has 7 nitrogen and oxygen atoms in total. The SMILES string of the molecule is C=C(/C=C(\C=C/C)S(C)(=O)=O)c1ccc(-c2cc(C(F)(F)F)nn2CC(=O)OCCN(CC)CC)cc1. The molecule has 0 aliphatic heterocycles. The van der Waals surface area contributed by atoms with Crippen molar-refractivity contribution < 1.29 is 31.1 Å². The van der Waals surface area contributed by atoms with Gasteiger partial charge >= 0.3 is 12.1 Å². The Labute approximate surface area is 215 Å². The van der Waals surface area contributed by atoms with Crippen molar-refractivity contribution in [2.24, 2.45) is 0 Å². The van der Waals surface area contributed by atoms with Gasteiger partial charge in [0.15, 0.2) is 15.5 Å². The number of carbonyl (C=O) groups excluding carboxylic acids is 1. The third-order valence-corrected chi connectivity index (χ3v) is 6.65. The van der Waals surface area contributed by atoms with Gasteiger partial charge in [-0.05, 0) is 54.9 Å². The molecule has 1 aromatic heterocycles. The number of sulfone groups is 1. The lowest BCUT2D eigenvalue weighted by Crippen LogP contribution is -2.28. The summed E-state index contributed by atoms with van der Waals surface area (Å²) in [7, 11) is -3.48. The Hall–Kier alpha value is -3.18. The highest BCUT2D eigenvalue weighted by molar-refractivity contribution is 7.94. The summed E-state index contributed by atoms with van der Waals surface area (Å²) in [5.41, 5.74) is 0.334. The molecule has 2 rings (SSSR count). The van der Waals surface area contributed by atoms with Gasteiger partial charge in [0.2, 0.25) is 0 Å². The number of alkyl halides is 3. The molecule has 0 aliphatic rings. The summed E-state index contributed by atoms with van der Waals surface area (Å²) in [5.74, 6) is -0.697. The maximum absolute atomic E-state index is 13.4. The van der Waals surface area contributed by atoms with Crippen LogP contribution in [0, 0.1) is 0 Å². The Kier molecular flexibility index (Phi) is 10.4. The summed E-state index contributed by atoms with van der Waals surface area (Å²) in [5, 5.41) is 3.60. The zero-order valence-electron chi connectivity index (χ0n) is 21.4. The molecule has 202 valence electrons. The fourth-order valence-electron chi connectivity index (χ4n) is 3.46. The van der Waals surface area contributed by atoms with Crippen molar-refractivity contribution in [3.63, 3.8) is 0 Å². The number of halogens is 3. The highest BCUT2D eigenvalue weighted by Gasteiger charge is 2.35. The van der Waals surface area contributed by atoms with Crippen LogP contribution < -0.4 is 0 Å². The first kappa shape index (κ1) is 30.0. The molecule has 0 aliphatic carbocycles. The third kappa shape index (κ3) is 8.71. The molecular formula is C26H32F3N3O4S.